The van der Waals surface area contributed by atoms with Crippen LogP contribution >= 0.6 is 11.3 Å². The molecule has 0 bridgehead atoms. The standard InChI is InChI=1S/C18H19N3S/c1-2-17-16(20-8-1)10-18(22-17)14-5-3-13(4-6-14)11-21-15-7-9-19-12-15/h1-6,8,10,15,19,21H,7,9,11-12H2. The molecule has 0 spiro atoms. The van der Waals surface area contributed by atoms with Gasteiger partial charge < -0.3 is 10.6 Å². The number of rotatable bonds is 4. The van der Waals surface area contributed by atoms with Gasteiger partial charge in [-0.15, -0.1) is 11.3 Å². The van der Waals surface area contributed by atoms with Gasteiger partial charge in [-0.25, -0.2) is 0 Å². The molecule has 112 valence electrons. The fourth-order valence-corrected chi connectivity index (χ4v) is 3.91. The molecule has 2 N–H and O–H groups in total. The van der Waals surface area contributed by atoms with Crippen molar-refractivity contribution >= 4 is 21.6 Å². The Balaban J connectivity index is 1.48. The third-order valence-electron chi connectivity index (χ3n) is 4.18. The van der Waals surface area contributed by atoms with Gasteiger partial charge in [0.15, 0.2) is 0 Å². The van der Waals surface area contributed by atoms with Gasteiger partial charge in [0.1, 0.15) is 0 Å². The molecule has 1 aliphatic rings. The van der Waals surface area contributed by atoms with E-state index in [-0.39, 0.29) is 0 Å². The summed E-state index contributed by atoms with van der Waals surface area (Å²) in [4.78, 5) is 5.70. The van der Waals surface area contributed by atoms with Crippen molar-refractivity contribution in [1.29, 1.82) is 0 Å². The van der Waals surface area contributed by atoms with E-state index in [1.165, 1.54) is 27.1 Å². The number of nitrogens with zero attached hydrogens (tertiary/aromatic N) is 1. The molecule has 4 heteroatoms. The van der Waals surface area contributed by atoms with Crippen LogP contribution in [-0.2, 0) is 6.54 Å². The maximum atomic E-state index is 4.41. The first-order valence-corrected chi connectivity index (χ1v) is 8.58. The molecule has 1 saturated heterocycles. The van der Waals surface area contributed by atoms with Crippen LogP contribution in [0.2, 0.25) is 0 Å². The number of hydrogen-bond donors (Lipinski definition) is 2. The van der Waals surface area contributed by atoms with E-state index < -0.39 is 0 Å². The van der Waals surface area contributed by atoms with Crippen molar-refractivity contribution in [1.82, 2.24) is 15.6 Å². The molecular formula is C18H19N3S. The lowest BCUT2D eigenvalue weighted by molar-refractivity contribution is 0.547. The number of nitrogens with one attached hydrogen (secondary N) is 2. The Morgan fingerprint density at radius 1 is 1.23 bits per heavy atom. The van der Waals surface area contributed by atoms with Crippen LogP contribution in [0.4, 0.5) is 0 Å². The Morgan fingerprint density at radius 2 is 2.14 bits per heavy atom. The quantitative estimate of drug-likeness (QED) is 0.775. The van der Waals surface area contributed by atoms with Crippen molar-refractivity contribution in [2.75, 3.05) is 13.1 Å². The maximum Gasteiger partial charge on any atom is 0.0816 e. The SMILES string of the molecule is c1cnc2cc(-c3ccc(CNC4CCNC4)cc3)sc2c1. The largest absolute Gasteiger partial charge is 0.315 e. The lowest BCUT2D eigenvalue weighted by atomic mass is 10.1. The topological polar surface area (TPSA) is 37.0 Å². The van der Waals surface area contributed by atoms with E-state index in [0.29, 0.717) is 6.04 Å². The molecule has 1 fully saturated rings. The Morgan fingerprint density at radius 3 is 2.91 bits per heavy atom. The second-order valence-electron chi connectivity index (χ2n) is 5.76. The van der Waals surface area contributed by atoms with Gasteiger partial charge in [0.25, 0.3) is 0 Å². The van der Waals surface area contributed by atoms with Gasteiger partial charge in [0, 0.05) is 30.2 Å². The van der Waals surface area contributed by atoms with Crippen LogP contribution in [0.3, 0.4) is 0 Å². The first-order valence-electron chi connectivity index (χ1n) is 7.76. The highest BCUT2D eigenvalue weighted by molar-refractivity contribution is 7.22. The van der Waals surface area contributed by atoms with E-state index in [0.717, 1.165) is 25.2 Å². The van der Waals surface area contributed by atoms with Crippen molar-refractivity contribution in [2.45, 2.75) is 19.0 Å². The maximum absolute atomic E-state index is 4.41. The van der Waals surface area contributed by atoms with E-state index in [1.54, 1.807) is 11.3 Å². The lowest BCUT2D eigenvalue weighted by Crippen LogP contribution is -2.30. The molecule has 1 atom stereocenters. The third-order valence-corrected chi connectivity index (χ3v) is 5.32. The number of aromatic nitrogens is 1. The first kappa shape index (κ1) is 13.9. The molecule has 0 aliphatic carbocycles. The molecule has 0 saturated carbocycles. The highest BCUT2D eigenvalue weighted by atomic mass is 32.1. The van der Waals surface area contributed by atoms with Crippen LogP contribution in [0.5, 0.6) is 0 Å². The van der Waals surface area contributed by atoms with Crippen molar-refractivity contribution in [3.8, 4) is 10.4 Å². The lowest BCUT2D eigenvalue weighted by Gasteiger charge is -2.11. The van der Waals surface area contributed by atoms with E-state index in [2.05, 4.69) is 52.0 Å². The monoisotopic (exact) mass is 309 g/mol. The summed E-state index contributed by atoms with van der Waals surface area (Å²) >= 11 is 1.80. The van der Waals surface area contributed by atoms with E-state index in [9.17, 15) is 0 Å². The van der Waals surface area contributed by atoms with Gasteiger partial charge in [-0.2, -0.15) is 0 Å². The van der Waals surface area contributed by atoms with Crippen LogP contribution in [0, 0.1) is 0 Å². The predicted octanol–water partition coefficient (Wildman–Crippen LogP) is 3.41. The van der Waals surface area contributed by atoms with Crippen LogP contribution < -0.4 is 10.6 Å². The summed E-state index contributed by atoms with van der Waals surface area (Å²) in [6, 6.07) is 15.8. The molecule has 1 unspecified atom stereocenters. The Bertz CT molecular complexity index is 724. The van der Waals surface area contributed by atoms with E-state index in [1.807, 2.05) is 12.3 Å². The molecule has 4 rings (SSSR count). The molecule has 22 heavy (non-hydrogen) atoms. The summed E-state index contributed by atoms with van der Waals surface area (Å²) in [5.74, 6) is 0. The molecule has 3 nitrogen and oxygen atoms in total. The molecule has 0 amide bonds. The third kappa shape index (κ3) is 2.90. The molecule has 3 heterocycles. The highest BCUT2D eigenvalue weighted by Crippen LogP contribution is 2.32. The van der Waals surface area contributed by atoms with Gasteiger partial charge in [-0.1, -0.05) is 24.3 Å². The number of thiophene rings is 1. The van der Waals surface area contributed by atoms with Crippen LogP contribution in [-0.4, -0.2) is 24.1 Å². The summed E-state index contributed by atoms with van der Waals surface area (Å²) in [5, 5.41) is 6.99. The van der Waals surface area contributed by atoms with E-state index >= 15 is 0 Å². The summed E-state index contributed by atoms with van der Waals surface area (Å²) in [7, 11) is 0. The minimum absolute atomic E-state index is 0.619. The smallest absolute Gasteiger partial charge is 0.0816 e. The second-order valence-corrected chi connectivity index (χ2v) is 6.85. The van der Waals surface area contributed by atoms with Gasteiger partial charge in [0.05, 0.1) is 10.2 Å². The average Bonchev–Trinajstić information content (AvgIpc) is 3.22. The number of pyridine rings is 1. The number of benzene rings is 1. The van der Waals surface area contributed by atoms with Crippen molar-refractivity contribution in [3.05, 3.63) is 54.2 Å². The first-order chi connectivity index (χ1) is 10.9. The molecular weight excluding hydrogens is 290 g/mol. The molecule has 2 aromatic heterocycles. The van der Waals surface area contributed by atoms with E-state index in [4.69, 9.17) is 0 Å². The molecule has 3 aromatic rings. The summed E-state index contributed by atoms with van der Waals surface area (Å²) in [5.41, 5.74) is 3.70. The Labute approximate surface area is 134 Å². The molecule has 0 radical (unpaired) electrons. The fourth-order valence-electron chi connectivity index (χ4n) is 2.89. The second kappa shape index (κ2) is 6.16. The number of fused-ring (bicyclic) bond motifs is 1. The summed E-state index contributed by atoms with van der Waals surface area (Å²) in [6.07, 6.45) is 3.08. The van der Waals surface area contributed by atoms with Gasteiger partial charge in [0.2, 0.25) is 0 Å². The molecule has 1 aliphatic heterocycles. The predicted molar refractivity (Wildman–Crippen MR) is 93.2 cm³/mol. The molecule has 1 aromatic carbocycles. The van der Waals surface area contributed by atoms with Gasteiger partial charge >= 0.3 is 0 Å². The summed E-state index contributed by atoms with van der Waals surface area (Å²) < 4.78 is 1.25. The minimum Gasteiger partial charge on any atom is -0.315 e. The van der Waals surface area contributed by atoms with Crippen LogP contribution in [0.1, 0.15) is 12.0 Å². The van der Waals surface area contributed by atoms with Crippen molar-refractivity contribution in [2.24, 2.45) is 0 Å². The van der Waals surface area contributed by atoms with Crippen molar-refractivity contribution < 1.29 is 0 Å². The van der Waals surface area contributed by atoms with Crippen LogP contribution in [0.25, 0.3) is 20.7 Å². The normalized spacial score (nSPS) is 18.1. The van der Waals surface area contributed by atoms with Gasteiger partial charge in [-0.3, -0.25) is 4.98 Å². The Kier molecular flexibility index (Phi) is 3.89. The summed E-state index contributed by atoms with van der Waals surface area (Å²) in [6.45, 7) is 3.17. The van der Waals surface area contributed by atoms with Crippen LogP contribution in [0.15, 0.2) is 48.7 Å². The zero-order chi connectivity index (χ0) is 14.8. The Hall–Kier alpha value is -1.75. The minimum atomic E-state index is 0.619. The number of hydrogen-bond acceptors (Lipinski definition) is 4. The average molecular weight is 309 g/mol. The van der Waals surface area contributed by atoms with Crippen molar-refractivity contribution in [3.63, 3.8) is 0 Å². The fraction of sp³-hybridized carbons (Fsp3) is 0.278. The zero-order valence-corrected chi connectivity index (χ0v) is 13.2. The highest BCUT2D eigenvalue weighted by Gasteiger charge is 2.13. The zero-order valence-electron chi connectivity index (χ0n) is 12.4. The van der Waals surface area contributed by atoms with Gasteiger partial charge in [-0.05, 0) is 42.3 Å².